The molecule has 4 rings (SSSR count). The summed E-state index contributed by atoms with van der Waals surface area (Å²) in [5, 5.41) is 15.3. The summed E-state index contributed by atoms with van der Waals surface area (Å²) in [6.07, 6.45) is 1.03. The second kappa shape index (κ2) is 15.8. The first-order chi connectivity index (χ1) is 21.8. The second-order valence-corrected chi connectivity index (χ2v) is 13.1. The highest BCUT2D eigenvalue weighted by Crippen LogP contribution is 2.45. The maximum atomic E-state index is 13.5. The Labute approximate surface area is 278 Å². The number of phenols is 1. The maximum Gasteiger partial charge on any atom is 0.347 e. The number of amides is 2. The highest BCUT2D eigenvalue weighted by atomic mass is 35.5. The molecule has 7 atom stereocenters. The molecule has 0 spiro atoms. The topological polar surface area (TPSA) is 144 Å². The van der Waals surface area contributed by atoms with Gasteiger partial charge in [0.1, 0.15) is 18.2 Å². The van der Waals surface area contributed by atoms with Crippen LogP contribution in [-0.4, -0.2) is 59.8 Å². The van der Waals surface area contributed by atoms with Gasteiger partial charge in [0.2, 0.25) is 11.8 Å². The quantitative estimate of drug-likeness (QED) is 0.272. The van der Waals surface area contributed by atoms with Gasteiger partial charge < -0.3 is 30.0 Å². The number of hydrogen-bond acceptors (Lipinski definition) is 8. The molecule has 46 heavy (non-hydrogen) atoms. The standard InChI is InChI=1S/C34H40Cl2N2O8/c1-18(2)13-27-34(43)44-26(20(4)30-31(46-30)22-9-6-5-7-10-22)11-8-12-28(39)38-25(32(41)37-17-19(3)33(42)45-27)16-21-14-23(35)29(40)24(36)15-21/h5-10,12,14-15,18-20,25-27,30-31,40H,11,13,16-17H2,1-4H3,(H,37,41)(H,38,39)/b12-8+/t19-,20-,25-,26+,27+,30-,31+/m1/s1. The first-order valence-corrected chi connectivity index (χ1v) is 16.1. The van der Waals surface area contributed by atoms with E-state index in [0.29, 0.717) is 5.56 Å². The number of nitrogens with one attached hydrogen (secondary N) is 2. The van der Waals surface area contributed by atoms with E-state index in [0.717, 1.165) is 5.56 Å². The predicted molar refractivity (Wildman–Crippen MR) is 172 cm³/mol. The Hall–Kier alpha value is -3.60. The van der Waals surface area contributed by atoms with Gasteiger partial charge in [-0.15, -0.1) is 0 Å². The van der Waals surface area contributed by atoms with Gasteiger partial charge in [0.25, 0.3) is 0 Å². The summed E-state index contributed by atoms with van der Waals surface area (Å²) in [5.41, 5.74) is 1.50. The molecule has 2 aromatic carbocycles. The van der Waals surface area contributed by atoms with Crippen LogP contribution in [-0.2, 0) is 39.8 Å². The van der Waals surface area contributed by atoms with Crippen LogP contribution in [0.3, 0.4) is 0 Å². The number of carbonyl (C=O) groups is 4. The Bertz CT molecular complexity index is 1430. The normalized spacial score (nSPS) is 27.6. The number of phenolic OH excluding ortho intramolecular Hbond substituents is 1. The minimum Gasteiger partial charge on any atom is -0.505 e. The van der Waals surface area contributed by atoms with Gasteiger partial charge in [0.15, 0.2) is 11.9 Å². The lowest BCUT2D eigenvalue weighted by molar-refractivity contribution is -0.176. The fraction of sp³-hybridized carbons (Fsp3) is 0.471. The number of aromatic hydroxyl groups is 1. The fourth-order valence-electron chi connectivity index (χ4n) is 5.29. The van der Waals surface area contributed by atoms with Crippen LogP contribution in [0.15, 0.2) is 54.6 Å². The third kappa shape index (κ3) is 9.47. The molecule has 0 unspecified atom stereocenters. The van der Waals surface area contributed by atoms with Gasteiger partial charge >= 0.3 is 11.9 Å². The zero-order chi connectivity index (χ0) is 33.5. The molecule has 10 nitrogen and oxygen atoms in total. The Morgan fingerprint density at radius 3 is 2.30 bits per heavy atom. The second-order valence-electron chi connectivity index (χ2n) is 12.3. The van der Waals surface area contributed by atoms with Crippen LogP contribution in [0.25, 0.3) is 0 Å². The lowest BCUT2D eigenvalue weighted by atomic mass is 9.93. The summed E-state index contributed by atoms with van der Waals surface area (Å²) in [7, 11) is 0. The molecule has 1 saturated heterocycles. The molecular formula is C34H40Cl2N2O8. The molecule has 2 aromatic rings. The van der Waals surface area contributed by atoms with Gasteiger partial charge in [-0.3, -0.25) is 14.4 Å². The van der Waals surface area contributed by atoms with E-state index in [1.165, 1.54) is 18.2 Å². The number of esters is 2. The highest BCUT2D eigenvalue weighted by Gasteiger charge is 2.47. The number of ether oxygens (including phenoxy) is 3. The smallest absolute Gasteiger partial charge is 0.347 e. The van der Waals surface area contributed by atoms with Gasteiger partial charge in [0, 0.05) is 25.3 Å². The van der Waals surface area contributed by atoms with E-state index in [1.807, 2.05) is 51.1 Å². The zero-order valence-corrected chi connectivity index (χ0v) is 27.7. The van der Waals surface area contributed by atoms with Crippen LogP contribution in [0.4, 0.5) is 0 Å². The Balaban J connectivity index is 1.59. The Morgan fingerprint density at radius 2 is 1.65 bits per heavy atom. The van der Waals surface area contributed by atoms with Crippen molar-refractivity contribution >= 4 is 47.0 Å². The monoisotopic (exact) mass is 674 g/mol. The Morgan fingerprint density at radius 1 is 0.978 bits per heavy atom. The zero-order valence-electron chi connectivity index (χ0n) is 26.2. The lowest BCUT2D eigenvalue weighted by Crippen LogP contribution is -2.49. The maximum absolute atomic E-state index is 13.5. The summed E-state index contributed by atoms with van der Waals surface area (Å²) >= 11 is 12.2. The number of rotatable bonds is 7. The van der Waals surface area contributed by atoms with E-state index in [1.54, 1.807) is 13.0 Å². The summed E-state index contributed by atoms with van der Waals surface area (Å²) in [6.45, 7) is 7.18. The SMILES string of the molecule is CC(C)C[C@@H]1OC(=O)[C@H](C)CNC(=O)[C@@H](Cc2cc(Cl)c(O)c(Cl)c2)NC(=O)/C=C/C[C@@H]([C@@H](C)[C@H]2O[C@H]2c2ccccc2)OC1=O. The fourth-order valence-corrected chi connectivity index (χ4v) is 5.82. The molecule has 0 aliphatic carbocycles. The third-order valence-electron chi connectivity index (χ3n) is 8.00. The van der Waals surface area contributed by atoms with Crippen LogP contribution < -0.4 is 10.6 Å². The molecule has 2 heterocycles. The van der Waals surface area contributed by atoms with Gasteiger partial charge in [-0.05, 0) is 41.7 Å². The van der Waals surface area contributed by atoms with Crippen molar-refractivity contribution in [3.05, 3.63) is 75.8 Å². The average molecular weight is 676 g/mol. The van der Waals surface area contributed by atoms with E-state index >= 15 is 0 Å². The molecule has 1 fully saturated rings. The van der Waals surface area contributed by atoms with Crippen LogP contribution in [0.5, 0.6) is 5.75 Å². The van der Waals surface area contributed by atoms with E-state index in [9.17, 15) is 24.3 Å². The average Bonchev–Trinajstić information content (AvgIpc) is 3.81. The van der Waals surface area contributed by atoms with Crippen LogP contribution in [0.2, 0.25) is 10.0 Å². The number of carbonyl (C=O) groups excluding carboxylic acids is 4. The van der Waals surface area contributed by atoms with Gasteiger partial charge in [0.05, 0.1) is 22.1 Å². The number of halogens is 2. The van der Waals surface area contributed by atoms with Gasteiger partial charge in [-0.1, -0.05) is 87.3 Å². The Kier molecular flexibility index (Phi) is 12.1. The molecule has 2 aliphatic rings. The largest absolute Gasteiger partial charge is 0.505 e. The van der Waals surface area contributed by atoms with E-state index in [-0.39, 0.29) is 65.6 Å². The molecule has 0 saturated carbocycles. The summed E-state index contributed by atoms with van der Waals surface area (Å²) in [6, 6.07) is 11.6. The van der Waals surface area contributed by atoms with Crippen molar-refractivity contribution in [2.24, 2.45) is 17.8 Å². The van der Waals surface area contributed by atoms with Crippen molar-refractivity contribution in [2.75, 3.05) is 6.54 Å². The van der Waals surface area contributed by atoms with Crippen LogP contribution >= 0.6 is 23.2 Å². The summed E-state index contributed by atoms with van der Waals surface area (Å²) in [4.78, 5) is 52.9. The van der Waals surface area contributed by atoms with Gasteiger partial charge in [-0.2, -0.15) is 0 Å². The first kappa shape index (κ1) is 35.3. The molecular weight excluding hydrogens is 635 g/mol. The summed E-state index contributed by atoms with van der Waals surface area (Å²) in [5.74, 6) is -3.82. The van der Waals surface area contributed by atoms with E-state index in [4.69, 9.17) is 37.4 Å². The third-order valence-corrected chi connectivity index (χ3v) is 8.58. The van der Waals surface area contributed by atoms with Crippen molar-refractivity contribution in [3.8, 4) is 5.75 Å². The van der Waals surface area contributed by atoms with Crippen molar-refractivity contribution < 1.29 is 38.5 Å². The lowest BCUT2D eigenvalue weighted by Gasteiger charge is -2.27. The molecule has 2 amide bonds. The highest BCUT2D eigenvalue weighted by molar-refractivity contribution is 6.37. The van der Waals surface area contributed by atoms with Gasteiger partial charge in [-0.25, -0.2) is 4.79 Å². The number of hydrogen-bond donors (Lipinski definition) is 3. The van der Waals surface area contributed by atoms with E-state index < -0.39 is 47.9 Å². The number of epoxide rings is 1. The van der Waals surface area contributed by atoms with Crippen LogP contribution in [0, 0.1) is 17.8 Å². The molecule has 3 N–H and O–H groups in total. The van der Waals surface area contributed by atoms with Crippen molar-refractivity contribution in [2.45, 2.75) is 77.4 Å². The molecule has 0 radical (unpaired) electrons. The molecule has 0 aromatic heterocycles. The first-order valence-electron chi connectivity index (χ1n) is 15.4. The molecule has 2 aliphatic heterocycles. The molecule has 0 bridgehead atoms. The summed E-state index contributed by atoms with van der Waals surface area (Å²) < 4.78 is 17.6. The number of cyclic esters (lactones) is 2. The van der Waals surface area contributed by atoms with E-state index in [2.05, 4.69) is 10.6 Å². The minimum atomic E-state index is -1.15. The van der Waals surface area contributed by atoms with Crippen molar-refractivity contribution in [3.63, 3.8) is 0 Å². The van der Waals surface area contributed by atoms with Crippen LogP contribution in [0.1, 0.15) is 57.8 Å². The molecule has 12 heteroatoms. The van der Waals surface area contributed by atoms with Crippen molar-refractivity contribution in [1.82, 2.24) is 10.6 Å². The number of benzene rings is 2. The molecule has 248 valence electrons. The minimum absolute atomic E-state index is 0.00138. The van der Waals surface area contributed by atoms with Crippen molar-refractivity contribution in [1.29, 1.82) is 0 Å². The predicted octanol–water partition coefficient (Wildman–Crippen LogP) is 5.08.